The second-order valence-electron chi connectivity index (χ2n) is 3.12. The van der Waals surface area contributed by atoms with Crippen molar-refractivity contribution in [3.8, 4) is 5.75 Å². The van der Waals surface area contributed by atoms with Crippen LogP contribution >= 0.6 is 0 Å². The number of hydrogen-bond acceptors (Lipinski definition) is 5. The Hall–Kier alpha value is -1.08. The van der Waals surface area contributed by atoms with Crippen LogP contribution in [0.1, 0.15) is 0 Å². The highest BCUT2D eigenvalue weighted by molar-refractivity contribution is 6.33. The molecule has 0 unspecified atom stereocenters. The smallest absolute Gasteiger partial charge is 0.512 e. The molecule has 1 heterocycles. The molecule has 0 saturated carbocycles. The molecule has 0 spiro atoms. The zero-order valence-electron chi connectivity index (χ0n) is 9.00. The molecule has 0 amide bonds. The molecule has 0 bridgehead atoms. The van der Waals surface area contributed by atoms with Crippen LogP contribution in [0.2, 0.25) is 0 Å². The van der Waals surface area contributed by atoms with Crippen molar-refractivity contribution in [2.75, 3.05) is 26.3 Å². The lowest BCUT2D eigenvalue weighted by atomic mass is 10.2. The maximum absolute atomic E-state index is 8.34. The molecule has 1 aromatic carbocycles. The van der Waals surface area contributed by atoms with E-state index in [1.54, 1.807) is 24.3 Å². The van der Waals surface area contributed by atoms with E-state index in [1.165, 1.54) is 0 Å². The molecule has 1 aliphatic heterocycles. The quantitative estimate of drug-likeness (QED) is 0.599. The summed E-state index contributed by atoms with van der Waals surface area (Å²) in [7, 11) is -1.73. The Morgan fingerprint density at radius 2 is 1.75 bits per heavy atom. The van der Waals surface area contributed by atoms with Gasteiger partial charge in [-0.3, -0.25) is 0 Å². The molecule has 1 aromatic rings. The predicted molar refractivity (Wildman–Crippen MR) is 61.0 cm³/mol. The molecule has 1 saturated heterocycles. The fourth-order valence-corrected chi connectivity index (χ4v) is 1.14. The Labute approximate surface area is 95.2 Å². The minimum Gasteiger partial charge on any atom is -0.512 e. The number of benzene rings is 1. The lowest BCUT2D eigenvalue weighted by molar-refractivity contribution is 0.109. The Morgan fingerprint density at radius 3 is 2.12 bits per heavy atom. The first kappa shape index (κ1) is 13.0. The maximum Gasteiger partial charge on any atom is 0.707 e. The van der Waals surface area contributed by atoms with Crippen LogP contribution < -0.4 is 9.97 Å². The largest absolute Gasteiger partial charge is 0.707 e. The summed E-state index contributed by atoms with van der Waals surface area (Å²) in [4.78, 5) is 0. The molecule has 0 aromatic heterocycles. The molecular weight excluding hydrogens is 209 g/mol. The molecule has 16 heavy (non-hydrogen) atoms. The van der Waals surface area contributed by atoms with E-state index in [2.05, 4.69) is 9.97 Å². The minimum atomic E-state index is -1.73. The topological polar surface area (TPSA) is 71.0 Å². The highest BCUT2D eigenvalue weighted by Gasteiger charge is 2.09. The van der Waals surface area contributed by atoms with Crippen LogP contribution in [0.3, 0.4) is 0 Å². The van der Waals surface area contributed by atoms with Gasteiger partial charge in [-0.25, -0.2) is 0 Å². The van der Waals surface area contributed by atoms with Gasteiger partial charge in [0.15, 0.2) is 0 Å². The normalized spacial score (nSPS) is 14.6. The van der Waals surface area contributed by atoms with Gasteiger partial charge in [0.1, 0.15) is 5.75 Å². The summed E-state index contributed by atoms with van der Waals surface area (Å²) >= 11 is 0. The van der Waals surface area contributed by atoms with Gasteiger partial charge in [0.2, 0.25) is 0 Å². The van der Waals surface area contributed by atoms with E-state index in [0.717, 1.165) is 26.3 Å². The number of hydrogen-bond donors (Lipinski definition) is 3. The predicted octanol–water partition coefficient (Wildman–Crippen LogP) is -0.359. The van der Waals surface area contributed by atoms with Gasteiger partial charge in [0, 0.05) is 13.1 Å². The van der Waals surface area contributed by atoms with Crippen LogP contribution in [-0.2, 0) is 4.74 Å². The van der Waals surface area contributed by atoms with E-state index in [4.69, 9.17) is 14.8 Å². The maximum atomic E-state index is 8.34. The summed E-state index contributed by atoms with van der Waals surface area (Å²) in [6, 6.07) is 8.59. The van der Waals surface area contributed by atoms with Crippen molar-refractivity contribution in [2.45, 2.75) is 0 Å². The van der Waals surface area contributed by atoms with E-state index in [9.17, 15) is 0 Å². The highest BCUT2D eigenvalue weighted by Crippen LogP contribution is 2.07. The summed E-state index contributed by atoms with van der Waals surface area (Å²) in [6.07, 6.45) is 0. The Bertz CT molecular complexity index is 255. The van der Waals surface area contributed by atoms with Crippen molar-refractivity contribution in [1.29, 1.82) is 0 Å². The van der Waals surface area contributed by atoms with Gasteiger partial charge in [-0.15, -0.1) is 0 Å². The van der Waals surface area contributed by atoms with Gasteiger partial charge in [0.25, 0.3) is 0 Å². The third-order valence-electron chi connectivity index (χ3n) is 1.83. The van der Waals surface area contributed by atoms with Crippen molar-refractivity contribution in [1.82, 2.24) is 5.32 Å². The Morgan fingerprint density at radius 1 is 1.12 bits per heavy atom. The van der Waals surface area contributed by atoms with Gasteiger partial charge < -0.3 is 24.8 Å². The molecule has 0 aliphatic carbocycles. The summed E-state index contributed by atoms with van der Waals surface area (Å²) in [5.41, 5.74) is 0. The number of nitrogens with one attached hydrogen (secondary N) is 1. The third kappa shape index (κ3) is 6.42. The van der Waals surface area contributed by atoms with Crippen LogP contribution in [0.15, 0.2) is 30.3 Å². The van der Waals surface area contributed by atoms with Crippen LogP contribution in [0, 0.1) is 0 Å². The zero-order chi connectivity index (χ0) is 11.6. The molecule has 5 nitrogen and oxygen atoms in total. The van der Waals surface area contributed by atoms with Crippen LogP contribution in [0.25, 0.3) is 0 Å². The number of ether oxygens (including phenoxy) is 1. The van der Waals surface area contributed by atoms with Crippen LogP contribution in [0.4, 0.5) is 0 Å². The molecular formula is C10H16BNO4. The molecule has 1 fully saturated rings. The zero-order valence-corrected chi connectivity index (χ0v) is 9.00. The fourth-order valence-electron chi connectivity index (χ4n) is 1.14. The fraction of sp³-hybridized carbons (Fsp3) is 0.400. The van der Waals surface area contributed by atoms with Crippen molar-refractivity contribution in [3.05, 3.63) is 30.3 Å². The number of para-hydroxylation sites is 1. The lowest BCUT2D eigenvalue weighted by Gasteiger charge is -2.10. The Balaban J connectivity index is 0.000000181. The van der Waals surface area contributed by atoms with Gasteiger partial charge in [-0.1, -0.05) is 18.2 Å². The monoisotopic (exact) mass is 225 g/mol. The van der Waals surface area contributed by atoms with Gasteiger partial charge in [-0.2, -0.15) is 0 Å². The third-order valence-corrected chi connectivity index (χ3v) is 1.83. The second-order valence-corrected chi connectivity index (χ2v) is 3.12. The average molecular weight is 225 g/mol. The molecule has 0 atom stereocenters. The molecule has 3 N–H and O–H groups in total. The number of rotatable bonds is 2. The molecule has 0 radical (unpaired) electrons. The SMILES string of the molecule is C1COCCN1.OB(O)Oc1ccccc1. The molecule has 2 rings (SSSR count). The minimum absolute atomic E-state index is 0.442. The van der Waals surface area contributed by atoms with Crippen molar-refractivity contribution >= 4 is 7.32 Å². The van der Waals surface area contributed by atoms with Crippen molar-refractivity contribution in [2.24, 2.45) is 0 Å². The van der Waals surface area contributed by atoms with Crippen LogP contribution in [-0.4, -0.2) is 43.7 Å². The first-order valence-corrected chi connectivity index (χ1v) is 5.15. The van der Waals surface area contributed by atoms with Gasteiger partial charge in [-0.05, 0) is 12.1 Å². The lowest BCUT2D eigenvalue weighted by Crippen LogP contribution is -2.30. The van der Waals surface area contributed by atoms with Gasteiger partial charge >= 0.3 is 7.32 Å². The summed E-state index contributed by atoms with van der Waals surface area (Å²) in [5.74, 6) is 0.442. The summed E-state index contributed by atoms with van der Waals surface area (Å²) in [6.45, 7) is 3.83. The number of morpholine rings is 1. The Kier molecular flexibility index (Phi) is 6.59. The molecule has 1 aliphatic rings. The summed E-state index contributed by atoms with van der Waals surface area (Å²) < 4.78 is 9.53. The highest BCUT2D eigenvalue weighted by atomic mass is 16.6. The van der Waals surface area contributed by atoms with Crippen molar-refractivity contribution in [3.63, 3.8) is 0 Å². The standard InChI is InChI=1S/C6H7BO3.C4H9NO/c8-7(9)10-6-4-2-1-3-5-6;1-3-6-4-2-5-1/h1-5,8-9H;5H,1-4H2. The van der Waals surface area contributed by atoms with Crippen LogP contribution in [0.5, 0.6) is 5.75 Å². The van der Waals surface area contributed by atoms with E-state index in [0.29, 0.717) is 5.75 Å². The second kappa shape index (κ2) is 8.12. The molecule has 88 valence electrons. The average Bonchev–Trinajstić information content (AvgIpc) is 2.32. The first-order valence-electron chi connectivity index (χ1n) is 5.15. The van der Waals surface area contributed by atoms with E-state index in [-0.39, 0.29) is 0 Å². The van der Waals surface area contributed by atoms with Crippen molar-refractivity contribution < 1.29 is 19.4 Å². The first-order chi connectivity index (χ1) is 7.79. The van der Waals surface area contributed by atoms with E-state index in [1.807, 2.05) is 6.07 Å². The summed E-state index contributed by atoms with van der Waals surface area (Å²) in [5, 5.41) is 19.8. The van der Waals surface area contributed by atoms with E-state index >= 15 is 0 Å². The van der Waals surface area contributed by atoms with E-state index < -0.39 is 7.32 Å². The molecule has 6 heteroatoms. The van der Waals surface area contributed by atoms with Gasteiger partial charge in [0.05, 0.1) is 13.2 Å².